The minimum absolute atomic E-state index is 0.171. The fourth-order valence-electron chi connectivity index (χ4n) is 13.6. The van der Waals surface area contributed by atoms with Gasteiger partial charge in [0.25, 0.3) is 6.71 Å². The van der Waals surface area contributed by atoms with Crippen molar-refractivity contribution in [3.63, 3.8) is 0 Å². The number of rotatable bonds is 9. The van der Waals surface area contributed by atoms with Crippen LogP contribution < -0.4 is 26.2 Å². The van der Waals surface area contributed by atoms with E-state index in [4.69, 9.17) is 0 Å². The van der Waals surface area contributed by atoms with E-state index in [9.17, 15) is 15.8 Å². The number of nitrogens with zero attached hydrogens (tertiary/aromatic N) is 6. The van der Waals surface area contributed by atoms with Crippen molar-refractivity contribution in [1.29, 1.82) is 15.8 Å². The third-order valence-corrected chi connectivity index (χ3v) is 17.7. The molecule has 0 bridgehead atoms. The van der Waals surface area contributed by atoms with Crippen LogP contribution in [0.2, 0.25) is 0 Å². The lowest BCUT2D eigenvalue weighted by atomic mass is 9.33. The Morgan fingerprint density at radius 1 is 0.273 bits per heavy atom. The maximum Gasteiger partial charge on any atom is 0.252 e. The first-order valence-electron chi connectivity index (χ1n) is 29.5. The van der Waals surface area contributed by atoms with Crippen LogP contribution in [-0.2, 0) is 0 Å². The Kier molecular flexibility index (Phi) is 12.4. The first-order valence-corrected chi connectivity index (χ1v) is 29.5. The number of aromatic nitrogens is 1. The second kappa shape index (κ2) is 21.1. The highest BCUT2D eigenvalue weighted by molar-refractivity contribution is 7.00. The summed E-state index contributed by atoms with van der Waals surface area (Å²) in [5, 5.41) is 32.7. The zero-order valence-electron chi connectivity index (χ0n) is 47.6. The van der Waals surface area contributed by atoms with Crippen LogP contribution in [0.5, 0.6) is 0 Å². The maximum absolute atomic E-state index is 10.5. The largest absolute Gasteiger partial charge is 0.311 e. The molecule has 0 spiro atoms. The molecule has 88 heavy (non-hydrogen) atoms. The van der Waals surface area contributed by atoms with E-state index in [2.05, 4.69) is 293 Å². The molecular weight excluding hydrogens is 1070 g/mol. The first-order chi connectivity index (χ1) is 43.5. The van der Waals surface area contributed by atoms with Gasteiger partial charge in [-0.15, -0.1) is 0 Å². The molecule has 0 N–H and O–H groups in total. The molecule has 2 aliphatic heterocycles. The molecule has 0 saturated carbocycles. The van der Waals surface area contributed by atoms with Gasteiger partial charge < -0.3 is 14.4 Å². The fraction of sp³-hybridized carbons (Fsp3) is 0. The smallest absolute Gasteiger partial charge is 0.252 e. The molecule has 1 aromatic heterocycles. The van der Waals surface area contributed by atoms with Crippen molar-refractivity contribution in [2.75, 3.05) is 9.80 Å². The molecule has 2 aliphatic rings. The van der Waals surface area contributed by atoms with Gasteiger partial charge in [-0.3, -0.25) is 0 Å². The summed E-state index contributed by atoms with van der Waals surface area (Å²) in [6.45, 7) is -0.171. The number of fused-ring (bicyclic) bond motifs is 7. The molecule has 0 unspecified atom stereocenters. The third-order valence-electron chi connectivity index (χ3n) is 17.7. The van der Waals surface area contributed by atoms with Gasteiger partial charge in [0.2, 0.25) is 0 Å². The minimum Gasteiger partial charge on any atom is -0.311 e. The molecule has 0 aliphatic carbocycles. The third kappa shape index (κ3) is 8.56. The van der Waals surface area contributed by atoms with Gasteiger partial charge in [0.1, 0.15) is 0 Å². The minimum atomic E-state index is -0.171. The Hall–Kier alpha value is -12.2. The standard InChI is InChI=1S/C81H49BN6/c83-50-53-25-38-68(65(43-53)52-85)70-44-54(51-84)26-39-75(70)88-74-24-14-13-23-69(74)71-45-61(31-40-76(71)88)64-48-79-81-80(49-64)87(67-36-29-60(30-37-67)56-17-7-2-8-18-56)78-42-33-63(58-21-11-4-12-22-58)47-73(78)82(81)72-46-62(57-19-9-3-10-20-57)32-41-77(72)86(79)66-34-27-59(28-35-66)55-15-5-1-6-16-55/h1-49H. The van der Waals surface area contributed by atoms with Crippen molar-refractivity contribution in [3.8, 4) is 90.7 Å². The Morgan fingerprint density at radius 2 is 0.693 bits per heavy atom. The molecule has 0 saturated heterocycles. The zero-order valence-corrected chi connectivity index (χ0v) is 47.6. The van der Waals surface area contributed by atoms with Crippen LogP contribution in [0.15, 0.2) is 297 Å². The molecule has 0 radical (unpaired) electrons. The van der Waals surface area contributed by atoms with E-state index in [-0.39, 0.29) is 6.71 Å². The van der Waals surface area contributed by atoms with E-state index in [1.807, 2.05) is 24.3 Å². The average molecular weight is 1120 g/mol. The molecular formula is C81H49BN6. The van der Waals surface area contributed by atoms with Gasteiger partial charge in [-0.25, -0.2) is 0 Å². The number of hydrogen-bond acceptors (Lipinski definition) is 5. The van der Waals surface area contributed by atoms with Gasteiger partial charge in [0.05, 0.1) is 51.6 Å². The lowest BCUT2D eigenvalue weighted by molar-refractivity contribution is 1.18. The van der Waals surface area contributed by atoms with Crippen molar-refractivity contribution in [1.82, 2.24) is 4.57 Å². The van der Waals surface area contributed by atoms with Gasteiger partial charge >= 0.3 is 0 Å². The number of anilines is 6. The summed E-state index contributed by atoms with van der Waals surface area (Å²) in [6.07, 6.45) is 0. The molecule has 13 aromatic carbocycles. The lowest BCUT2D eigenvalue weighted by Gasteiger charge is -2.44. The molecule has 3 heterocycles. The Bertz CT molecular complexity index is 5030. The van der Waals surface area contributed by atoms with Crippen LogP contribution in [0.3, 0.4) is 0 Å². The second-order valence-corrected chi connectivity index (χ2v) is 22.5. The number of benzene rings is 13. The van der Waals surface area contributed by atoms with Crippen molar-refractivity contribution in [2.45, 2.75) is 0 Å². The number of nitriles is 3. The predicted molar refractivity (Wildman–Crippen MR) is 362 cm³/mol. The summed E-state index contributed by atoms with van der Waals surface area (Å²) in [5.74, 6) is 0. The lowest BCUT2D eigenvalue weighted by Crippen LogP contribution is -2.61. The van der Waals surface area contributed by atoms with Crippen LogP contribution in [0.1, 0.15) is 16.7 Å². The SMILES string of the molecule is N#Cc1ccc(-c2cc(C#N)ccc2-n2c3ccccc3c3cc(-c4cc5c6c(c4)N(c4ccc(-c7ccccc7)cc4)c4ccc(-c7ccccc7)cc4B6c4cc(-c6ccccc6)ccc4N5c4ccc(-c5ccccc5)cc4)ccc32)c(C#N)c1. The maximum atomic E-state index is 10.5. The molecule has 14 aromatic rings. The van der Waals surface area contributed by atoms with Crippen LogP contribution in [0.25, 0.3) is 94.3 Å². The Morgan fingerprint density at radius 3 is 1.22 bits per heavy atom. The molecule has 0 atom stereocenters. The van der Waals surface area contributed by atoms with Gasteiger partial charge in [0.15, 0.2) is 0 Å². The summed E-state index contributed by atoms with van der Waals surface area (Å²) in [5.41, 5.74) is 26.8. The van der Waals surface area contributed by atoms with E-state index >= 15 is 0 Å². The van der Waals surface area contributed by atoms with Gasteiger partial charge in [-0.2, -0.15) is 15.8 Å². The molecule has 7 heteroatoms. The summed E-state index contributed by atoms with van der Waals surface area (Å²) in [4.78, 5) is 4.99. The van der Waals surface area contributed by atoms with Crippen LogP contribution in [-0.4, -0.2) is 11.3 Å². The van der Waals surface area contributed by atoms with Gasteiger partial charge in [-0.05, 0) is 169 Å². The van der Waals surface area contributed by atoms with E-state index in [1.54, 1.807) is 12.1 Å². The van der Waals surface area contributed by atoms with E-state index < -0.39 is 0 Å². The quantitative estimate of drug-likeness (QED) is 0.135. The molecule has 16 rings (SSSR count). The van der Waals surface area contributed by atoms with Crippen molar-refractivity contribution >= 4 is 79.0 Å². The van der Waals surface area contributed by atoms with Crippen LogP contribution in [0, 0.1) is 34.0 Å². The van der Waals surface area contributed by atoms with Gasteiger partial charge in [-0.1, -0.05) is 200 Å². The zero-order chi connectivity index (χ0) is 58.8. The normalized spacial score (nSPS) is 12.0. The highest BCUT2D eigenvalue weighted by Gasteiger charge is 2.44. The Labute approximate surface area is 510 Å². The van der Waals surface area contributed by atoms with Crippen LogP contribution in [0.4, 0.5) is 34.1 Å². The summed E-state index contributed by atoms with van der Waals surface area (Å²) in [7, 11) is 0. The number of hydrogen-bond donors (Lipinski definition) is 0. The second-order valence-electron chi connectivity index (χ2n) is 22.5. The molecule has 6 nitrogen and oxygen atoms in total. The summed E-state index contributed by atoms with van der Waals surface area (Å²) < 4.78 is 2.24. The molecule has 0 fully saturated rings. The van der Waals surface area contributed by atoms with E-state index in [0.717, 1.165) is 123 Å². The van der Waals surface area contributed by atoms with Crippen LogP contribution >= 0.6 is 0 Å². The predicted octanol–water partition coefficient (Wildman–Crippen LogP) is 18.5. The topological polar surface area (TPSA) is 82.8 Å². The Balaban J connectivity index is 0.966. The number of para-hydroxylation sites is 1. The van der Waals surface area contributed by atoms with E-state index in [1.165, 1.54) is 16.4 Å². The van der Waals surface area contributed by atoms with Crippen molar-refractivity contribution in [2.24, 2.45) is 0 Å². The highest BCUT2D eigenvalue weighted by atomic mass is 15.2. The summed E-state index contributed by atoms with van der Waals surface area (Å²) in [6, 6.07) is 113. The van der Waals surface area contributed by atoms with E-state index in [0.29, 0.717) is 22.3 Å². The monoisotopic (exact) mass is 1120 g/mol. The average Bonchev–Trinajstić information content (AvgIpc) is 0.836. The van der Waals surface area contributed by atoms with Crippen molar-refractivity contribution < 1.29 is 0 Å². The highest BCUT2D eigenvalue weighted by Crippen LogP contribution is 2.49. The molecule has 406 valence electrons. The fourth-order valence-corrected chi connectivity index (χ4v) is 13.6. The van der Waals surface area contributed by atoms with Gasteiger partial charge in [0, 0.05) is 56.0 Å². The summed E-state index contributed by atoms with van der Waals surface area (Å²) >= 11 is 0. The molecule has 0 amide bonds. The first kappa shape index (κ1) is 51.4. The van der Waals surface area contributed by atoms with Crippen molar-refractivity contribution in [3.05, 3.63) is 314 Å².